The molecular formula is C27H37N5O6. The summed E-state index contributed by atoms with van der Waals surface area (Å²) in [5.74, 6) is 1.70. The molecule has 3 heterocycles. The number of benzene rings is 1. The number of carbonyl (C=O) groups is 2. The van der Waals surface area contributed by atoms with Crippen molar-refractivity contribution in [3.63, 3.8) is 0 Å². The quantitative estimate of drug-likeness (QED) is 0.495. The number of anilines is 1. The minimum absolute atomic E-state index is 0.247. The Hall–Kier alpha value is -3.60. The predicted octanol–water partition coefficient (Wildman–Crippen LogP) is 2.94. The zero-order valence-corrected chi connectivity index (χ0v) is 22.4. The Labute approximate surface area is 223 Å². The molecule has 2 aromatic rings. The predicted molar refractivity (Wildman–Crippen MR) is 140 cm³/mol. The van der Waals surface area contributed by atoms with Gasteiger partial charge in [-0.25, -0.2) is 19.6 Å². The molecule has 0 saturated carbocycles. The van der Waals surface area contributed by atoms with E-state index >= 15 is 0 Å². The molecule has 2 aliphatic heterocycles. The minimum atomic E-state index is -0.794. The molecule has 38 heavy (non-hydrogen) atoms. The van der Waals surface area contributed by atoms with Crippen molar-refractivity contribution >= 4 is 18.2 Å². The summed E-state index contributed by atoms with van der Waals surface area (Å²) in [6.45, 7) is 7.68. The number of alkyl carbamates (subject to hydrolysis) is 1. The standard InChI is InChI=1S/C27H37N5O6/c1-27(2,3)38-26(34)36-22-16-30-21(14-18-6-8-20(35-4)9-7-18)23(22)37-25(33)31-15-19-10-13-32(17-19)24-28-11-5-12-29-24/h5-9,11-12,19,21-23,30H,10,13-17H2,1-4H3,(H,31,33)/t19-,21-,22+,23+/m1/s1. The number of aromatic nitrogens is 2. The minimum Gasteiger partial charge on any atom is -0.497 e. The summed E-state index contributed by atoms with van der Waals surface area (Å²) in [4.78, 5) is 35.9. The first-order valence-electron chi connectivity index (χ1n) is 12.9. The molecule has 11 heteroatoms. The van der Waals surface area contributed by atoms with Crippen LogP contribution in [-0.2, 0) is 20.6 Å². The summed E-state index contributed by atoms with van der Waals surface area (Å²) in [6, 6.07) is 9.22. The number of hydrogen-bond donors (Lipinski definition) is 2. The van der Waals surface area contributed by atoms with Crippen molar-refractivity contribution in [1.29, 1.82) is 0 Å². The third-order valence-corrected chi connectivity index (χ3v) is 6.50. The lowest BCUT2D eigenvalue weighted by Gasteiger charge is -2.26. The van der Waals surface area contributed by atoms with E-state index in [1.54, 1.807) is 46.3 Å². The van der Waals surface area contributed by atoms with Gasteiger partial charge in [-0.1, -0.05) is 12.1 Å². The molecule has 0 radical (unpaired) electrons. The van der Waals surface area contributed by atoms with Gasteiger partial charge in [0.2, 0.25) is 5.95 Å². The monoisotopic (exact) mass is 527 g/mol. The molecule has 2 N–H and O–H groups in total. The van der Waals surface area contributed by atoms with Gasteiger partial charge in [-0.2, -0.15) is 0 Å². The third-order valence-electron chi connectivity index (χ3n) is 6.50. The number of rotatable bonds is 8. The average molecular weight is 528 g/mol. The summed E-state index contributed by atoms with van der Waals surface area (Å²) < 4.78 is 22.0. The van der Waals surface area contributed by atoms with E-state index in [-0.39, 0.29) is 12.0 Å². The highest BCUT2D eigenvalue weighted by Crippen LogP contribution is 2.23. The molecule has 1 amide bonds. The Bertz CT molecular complexity index is 1060. The number of methoxy groups -OCH3 is 1. The van der Waals surface area contributed by atoms with Crippen LogP contribution >= 0.6 is 0 Å². The first kappa shape index (κ1) is 27.4. The van der Waals surface area contributed by atoms with Gasteiger partial charge in [0, 0.05) is 38.6 Å². The van der Waals surface area contributed by atoms with Gasteiger partial charge in [0.1, 0.15) is 11.4 Å². The van der Waals surface area contributed by atoms with Crippen LogP contribution in [0.1, 0.15) is 32.8 Å². The molecule has 1 aromatic heterocycles. The molecule has 0 unspecified atom stereocenters. The fourth-order valence-corrected chi connectivity index (χ4v) is 4.66. The van der Waals surface area contributed by atoms with Crippen LogP contribution in [0, 0.1) is 5.92 Å². The van der Waals surface area contributed by atoms with Gasteiger partial charge in [-0.15, -0.1) is 0 Å². The Morgan fingerprint density at radius 1 is 1.13 bits per heavy atom. The van der Waals surface area contributed by atoms with Crippen molar-refractivity contribution in [1.82, 2.24) is 20.6 Å². The number of ether oxygens (including phenoxy) is 4. The maximum Gasteiger partial charge on any atom is 0.509 e. The molecule has 206 valence electrons. The molecule has 2 saturated heterocycles. The summed E-state index contributed by atoms with van der Waals surface area (Å²) in [6.07, 6.45) is 2.21. The van der Waals surface area contributed by atoms with Crippen LogP contribution in [-0.4, -0.2) is 79.4 Å². The van der Waals surface area contributed by atoms with E-state index in [0.29, 0.717) is 25.5 Å². The normalized spacial score (nSPS) is 23.1. The zero-order valence-electron chi connectivity index (χ0n) is 22.4. The number of hydrogen-bond acceptors (Lipinski definition) is 10. The van der Waals surface area contributed by atoms with E-state index in [1.165, 1.54) is 0 Å². The Balaban J connectivity index is 1.35. The van der Waals surface area contributed by atoms with Crippen molar-refractivity contribution in [2.75, 3.05) is 38.2 Å². The second kappa shape index (κ2) is 12.3. The number of nitrogens with one attached hydrogen (secondary N) is 2. The summed E-state index contributed by atoms with van der Waals surface area (Å²) in [7, 11) is 1.62. The van der Waals surface area contributed by atoms with E-state index in [9.17, 15) is 9.59 Å². The van der Waals surface area contributed by atoms with Gasteiger partial charge in [-0.3, -0.25) is 0 Å². The SMILES string of the molecule is COc1ccc(C[C@H]2NC[C@H](OC(=O)OC(C)(C)C)[C@H]2OC(=O)NC[C@H]2CCN(c3ncccn3)C2)cc1. The molecule has 2 fully saturated rings. The van der Waals surface area contributed by atoms with Crippen LogP contribution in [0.15, 0.2) is 42.7 Å². The molecule has 4 atom stereocenters. The van der Waals surface area contributed by atoms with Gasteiger partial charge in [0.05, 0.1) is 13.2 Å². The first-order chi connectivity index (χ1) is 18.2. The highest BCUT2D eigenvalue weighted by atomic mass is 16.7. The fourth-order valence-electron chi connectivity index (χ4n) is 4.66. The largest absolute Gasteiger partial charge is 0.509 e. The van der Waals surface area contributed by atoms with E-state index in [4.69, 9.17) is 18.9 Å². The molecular weight excluding hydrogens is 490 g/mol. The van der Waals surface area contributed by atoms with Gasteiger partial charge >= 0.3 is 12.2 Å². The van der Waals surface area contributed by atoms with Gasteiger partial charge in [-0.05, 0) is 63.3 Å². The maximum atomic E-state index is 12.9. The van der Waals surface area contributed by atoms with Crippen molar-refractivity contribution in [2.45, 2.75) is 57.5 Å². The van der Waals surface area contributed by atoms with Crippen molar-refractivity contribution in [3.05, 3.63) is 48.3 Å². The lowest BCUT2D eigenvalue weighted by Crippen LogP contribution is -2.44. The van der Waals surface area contributed by atoms with Gasteiger partial charge in [0.15, 0.2) is 12.2 Å². The first-order valence-corrected chi connectivity index (χ1v) is 12.9. The molecule has 1 aromatic carbocycles. The van der Waals surface area contributed by atoms with E-state index in [0.717, 1.165) is 30.8 Å². The Morgan fingerprint density at radius 2 is 1.87 bits per heavy atom. The summed E-state index contributed by atoms with van der Waals surface area (Å²) in [5.41, 5.74) is 0.337. The lowest BCUT2D eigenvalue weighted by atomic mass is 10.0. The third kappa shape index (κ3) is 7.70. The highest BCUT2D eigenvalue weighted by molar-refractivity contribution is 5.67. The Kier molecular flexibility index (Phi) is 8.88. The van der Waals surface area contributed by atoms with Crippen LogP contribution in [0.2, 0.25) is 0 Å². The average Bonchev–Trinajstić information content (AvgIpc) is 3.50. The molecule has 0 aliphatic carbocycles. The molecule has 11 nitrogen and oxygen atoms in total. The smallest absolute Gasteiger partial charge is 0.497 e. The summed E-state index contributed by atoms with van der Waals surface area (Å²) in [5, 5.41) is 6.23. The second-order valence-corrected chi connectivity index (χ2v) is 10.6. The molecule has 4 rings (SSSR count). The molecule has 0 spiro atoms. The van der Waals surface area contributed by atoms with Crippen LogP contribution in [0.5, 0.6) is 5.75 Å². The van der Waals surface area contributed by atoms with Crippen LogP contribution < -0.4 is 20.3 Å². The van der Waals surface area contributed by atoms with E-state index in [1.807, 2.05) is 24.3 Å². The number of carbonyl (C=O) groups excluding carboxylic acids is 2. The molecule has 2 aliphatic rings. The van der Waals surface area contributed by atoms with Crippen molar-refractivity contribution in [3.8, 4) is 5.75 Å². The van der Waals surface area contributed by atoms with Gasteiger partial charge in [0.25, 0.3) is 0 Å². The maximum absolute atomic E-state index is 12.9. The van der Waals surface area contributed by atoms with Crippen molar-refractivity contribution in [2.24, 2.45) is 5.92 Å². The Morgan fingerprint density at radius 3 is 2.55 bits per heavy atom. The topological polar surface area (TPSA) is 124 Å². The second-order valence-electron chi connectivity index (χ2n) is 10.6. The van der Waals surface area contributed by atoms with Gasteiger partial charge < -0.3 is 34.5 Å². The molecule has 0 bridgehead atoms. The fraction of sp³-hybridized carbons (Fsp3) is 0.556. The number of amides is 1. The van der Waals surface area contributed by atoms with E-state index < -0.39 is 30.1 Å². The summed E-state index contributed by atoms with van der Waals surface area (Å²) >= 11 is 0. The highest BCUT2D eigenvalue weighted by Gasteiger charge is 2.42. The van der Waals surface area contributed by atoms with Crippen LogP contribution in [0.4, 0.5) is 15.5 Å². The lowest BCUT2D eigenvalue weighted by molar-refractivity contribution is -0.0518. The van der Waals surface area contributed by atoms with E-state index in [2.05, 4.69) is 25.5 Å². The van der Waals surface area contributed by atoms with Crippen molar-refractivity contribution < 1.29 is 28.5 Å². The van der Waals surface area contributed by atoms with Crippen LogP contribution in [0.3, 0.4) is 0 Å². The zero-order chi connectivity index (χ0) is 27.1. The van der Waals surface area contributed by atoms with Crippen LogP contribution in [0.25, 0.3) is 0 Å². The number of nitrogens with zero attached hydrogens (tertiary/aromatic N) is 3.